The molecule has 102 valence electrons. The van der Waals surface area contributed by atoms with Crippen molar-refractivity contribution in [2.75, 3.05) is 6.61 Å². The number of hydrogen-bond acceptors (Lipinski definition) is 5. The minimum atomic E-state index is -1.25. The lowest BCUT2D eigenvalue weighted by molar-refractivity contribution is -0.145. The third kappa shape index (κ3) is 3.12. The highest BCUT2D eigenvalue weighted by molar-refractivity contribution is 5.98. The standard InChI is InChI=1S/C11H17NO6/c1-5-17-9(15)7-6(8(13)14)12(7)10(16)18-11(2,3)4/h6-7H,5H2,1-4H3,(H,13,14)/t6-,7-,12?/m0/s1. The smallest absolute Gasteiger partial charge is 0.411 e. The number of carbonyl (C=O) groups excluding carboxylic acids is 2. The van der Waals surface area contributed by atoms with Crippen LogP contribution in [0, 0.1) is 0 Å². The second kappa shape index (κ2) is 4.83. The van der Waals surface area contributed by atoms with Crippen LogP contribution in [0.2, 0.25) is 0 Å². The van der Waals surface area contributed by atoms with Gasteiger partial charge in [0.1, 0.15) is 5.60 Å². The zero-order valence-corrected chi connectivity index (χ0v) is 10.8. The Balaban J connectivity index is 2.73. The Hall–Kier alpha value is -1.79. The van der Waals surface area contributed by atoms with Crippen molar-refractivity contribution < 1.29 is 29.0 Å². The van der Waals surface area contributed by atoms with E-state index in [0.717, 1.165) is 4.90 Å². The molecule has 0 radical (unpaired) electrons. The van der Waals surface area contributed by atoms with Gasteiger partial charge in [-0.05, 0) is 27.7 Å². The van der Waals surface area contributed by atoms with Crippen LogP contribution in [-0.4, -0.2) is 52.3 Å². The lowest BCUT2D eigenvalue weighted by atomic mass is 10.2. The third-order valence-corrected chi connectivity index (χ3v) is 2.19. The Bertz CT molecular complexity index is 372. The highest BCUT2D eigenvalue weighted by Gasteiger charge is 2.62. The van der Waals surface area contributed by atoms with Crippen molar-refractivity contribution >= 4 is 18.0 Å². The monoisotopic (exact) mass is 259 g/mol. The van der Waals surface area contributed by atoms with Crippen LogP contribution >= 0.6 is 0 Å². The van der Waals surface area contributed by atoms with Crippen molar-refractivity contribution in [1.82, 2.24) is 4.90 Å². The van der Waals surface area contributed by atoms with Crippen LogP contribution in [0.15, 0.2) is 0 Å². The van der Waals surface area contributed by atoms with E-state index in [1.165, 1.54) is 0 Å². The molecule has 0 bridgehead atoms. The minimum absolute atomic E-state index is 0.129. The molecule has 0 spiro atoms. The Kier molecular flexibility index (Phi) is 3.83. The second-order valence-electron chi connectivity index (χ2n) is 4.87. The molecule has 18 heavy (non-hydrogen) atoms. The lowest BCUT2D eigenvalue weighted by Gasteiger charge is -2.19. The maximum atomic E-state index is 11.7. The normalized spacial score (nSPS) is 22.3. The first kappa shape index (κ1) is 14.3. The molecule has 1 aliphatic rings. The molecule has 0 aromatic carbocycles. The van der Waals surface area contributed by atoms with E-state index in [9.17, 15) is 14.4 Å². The van der Waals surface area contributed by atoms with Gasteiger partial charge in [-0.2, -0.15) is 0 Å². The molecule has 1 aliphatic heterocycles. The maximum absolute atomic E-state index is 11.7. The third-order valence-electron chi connectivity index (χ3n) is 2.19. The number of rotatable bonds is 3. The van der Waals surface area contributed by atoms with Crippen molar-refractivity contribution in [3.8, 4) is 0 Å². The number of hydrogen-bond donors (Lipinski definition) is 1. The number of esters is 1. The number of carboxylic acids is 1. The molecule has 1 fully saturated rings. The van der Waals surface area contributed by atoms with Crippen LogP contribution in [0.5, 0.6) is 0 Å². The van der Waals surface area contributed by atoms with Gasteiger partial charge in [-0.3, -0.25) is 4.90 Å². The highest BCUT2D eigenvalue weighted by atomic mass is 16.6. The minimum Gasteiger partial charge on any atom is -0.480 e. The molecule has 1 rings (SSSR count). The summed E-state index contributed by atoms with van der Waals surface area (Å²) in [6.07, 6.45) is -0.826. The lowest BCUT2D eigenvalue weighted by Crippen LogP contribution is -2.30. The highest BCUT2D eigenvalue weighted by Crippen LogP contribution is 2.32. The topological polar surface area (TPSA) is 92.9 Å². The Morgan fingerprint density at radius 2 is 1.78 bits per heavy atom. The van der Waals surface area contributed by atoms with Gasteiger partial charge in [0.15, 0.2) is 12.1 Å². The zero-order chi connectivity index (χ0) is 14.1. The summed E-state index contributed by atoms with van der Waals surface area (Å²) in [7, 11) is 0. The Morgan fingerprint density at radius 3 is 2.17 bits per heavy atom. The predicted octanol–water partition coefficient (Wildman–Crippen LogP) is 0.622. The second-order valence-corrected chi connectivity index (χ2v) is 4.87. The van der Waals surface area contributed by atoms with Gasteiger partial charge in [-0.15, -0.1) is 0 Å². The molecule has 0 unspecified atom stereocenters. The average Bonchev–Trinajstić information content (AvgIpc) is 2.89. The van der Waals surface area contributed by atoms with Crippen LogP contribution in [-0.2, 0) is 19.1 Å². The molecule has 1 heterocycles. The van der Waals surface area contributed by atoms with Gasteiger partial charge in [0, 0.05) is 0 Å². The van der Waals surface area contributed by atoms with Gasteiger partial charge in [-0.25, -0.2) is 14.4 Å². The summed E-state index contributed by atoms with van der Waals surface area (Å²) >= 11 is 0. The first-order valence-corrected chi connectivity index (χ1v) is 5.59. The van der Waals surface area contributed by atoms with E-state index in [1.54, 1.807) is 27.7 Å². The molecule has 0 aromatic rings. The number of carboxylic acid groups (broad SMARTS) is 1. The predicted molar refractivity (Wildman–Crippen MR) is 59.9 cm³/mol. The van der Waals surface area contributed by atoms with E-state index in [4.69, 9.17) is 14.6 Å². The van der Waals surface area contributed by atoms with Crippen molar-refractivity contribution in [2.24, 2.45) is 0 Å². The van der Waals surface area contributed by atoms with Crippen LogP contribution in [0.25, 0.3) is 0 Å². The fourth-order valence-corrected chi connectivity index (χ4v) is 1.50. The van der Waals surface area contributed by atoms with Crippen molar-refractivity contribution in [3.63, 3.8) is 0 Å². The molecule has 1 amide bonds. The molecule has 0 aromatic heterocycles. The van der Waals surface area contributed by atoms with E-state index in [-0.39, 0.29) is 6.61 Å². The summed E-state index contributed by atoms with van der Waals surface area (Å²) in [6, 6.07) is -2.28. The number of nitrogens with zero attached hydrogens (tertiary/aromatic N) is 1. The molecule has 7 heteroatoms. The number of aliphatic carboxylic acids is 1. The first-order valence-electron chi connectivity index (χ1n) is 5.59. The SMILES string of the molecule is CCOC(=O)[C@@H]1[C@@H](C(=O)O)N1C(=O)OC(C)(C)C. The van der Waals surface area contributed by atoms with Crippen molar-refractivity contribution in [2.45, 2.75) is 45.4 Å². The van der Waals surface area contributed by atoms with Gasteiger partial charge in [0.25, 0.3) is 0 Å². The molecule has 1 N–H and O–H groups in total. The van der Waals surface area contributed by atoms with E-state index < -0.39 is 35.7 Å². The van der Waals surface area contributed by atoms with E-state index in [1.807, 2.05) is 0 Å². The molecule has 0 saturated carbocycles. The quantitative estimate of drug-likeness (QED) is 0.590. The maximum Gasteiger partial charge on any atom is 0.411 e. The van der Waals surface area contributed by atoms with Gasteiger partial charge in [0.2, 0.25) is 0 Å². The zero-order valence-electron chi connectivity index (χ0n) is 10.8. The summed E-state index contributed by atoms with van der Waals surface area (Å²) in [6.45, 7) is 6.70. The summed E-state index contributed by atoms with van der Waals surface area (Å²) < 4.78 is 9.72. The molecule has 1 saturated heterocycles. The Morgan fingerprint density at radius 1 is 1.22 bits per heavy atom. The Labute approximate surface area is 105 Å². The number of amides is 1. The van der Waals surface area contributed by atoms with Gasteiger partial charge < -0.3 is 14.6 Å². The van der Waals surface area contributed by atoms with Gasteiger partial charge in [-0.1, -0.05) is 0 Å². The summed E-state index contributed by atoms with van der Waals surface area (Å²) in [5.74, 6) is -1.98. The van der Waals surface area contributed by atoms with Crippen LogP contribution in [0.4, 0.5) is 4.79 Å². The van der Waals surface area contributed by atoms with Gasteiger partial charge >= 0.3 is 18.0 Å². The molecule has 7 nitrogen and oxygen atoms in total. The largest absolute Gasteiger partial charge is 0.480 e. The molecule has 0 aliphatic carbocycles. The van der Waals surface area contributed by atoms with Crippen LogP contribution in [0.1, 0.15) is 27.7 Å². The fourth-order valence-electron chi connectivity index (χ4n) is 1.50. The first-order chi connectivity index (χ1) is 8.19. The molecule has 2 atom stereocenters. The average molecular weight is 259 g/mol. The van der Waals surface area contributed by atoms with Crippen LogP contribution < -0.4 is 0 Å². The molecular weight excluding hydrogens is 242 g/mol. The van der Waals surface area contributed by atoms with E-state index >= 15 is 0 Å². The number of carbonyl (C=O) groups is 3. The van der Waals surface area contributed by atoms with Crippen molar-refractivity contribution in [1.29, 1.82) is 0 Å². The summed E-state index contributed by atoms with van der Waals surface area (Å²) in [5, 5.41) is 8.90. The van der Waals surface area contributed by atoms with E-state index in [0.29, 0.717) is 0 Å². The fraction of sp³-hybridized carbons (Fsp3) is 0.727. The van der Waals surface area contributed by atoms with E-state index in [2.05, 4.69) is 0 Å². The van der Waals surface area contributed by atoms with Crippen molar-refractivity contribution in [3.05, 3.63) is 0 Å². The summed E-state index contributed by atoms with van der Waals surface area (Å²) in [5.41, 5.74) is -0.748. The van der Waals surface area contributed by atoms with Gasteiger partial charge in [0.05, 0.1) is 6.61 Å². The number of ether oxygens (including phenoxy) is 2. The summed E-state index contributed by atoms with van der Waals surface area (Å²) in [4.78, 5) is 34.9. The van der Waals surface area contributed by atoms with Crippen LogP contribution in [0.3, 0.4) is 0 Å². The molecular formula is C11H17NO6.